The highest BCUT2D eigenvalue weighted by atomic mass is 28.4. The highest BCUT2D eigenvalue weighted by Gasteiger charge is 2.54. The van der Waals surface area contributed by atoms with Crippen molar-refractivity contribution < 1.29 is 27.9 Å². The second kappa shape index (κ2) is 18.2. The minimum absolute atomic E-state index is 0.0587. The Morgan fingerprint density at radius 2 is 1.64 bits per heavy atom. The minimum atomic E-state index is -2.11. The highest BCUT2D eigenvalue weighted by Crippen LogP contribution is 2.59. The molecule has 8 heteroatoms. The normalized spacial score (nSPS) is 27.9. The third-order valence-corrected chi connectivity index (χ3v) is 23.7. The molecule has 0 amide bonds. The molecule has 1 aliphatic heterocycles. The molecule has 1 aromatic rings. The molecule has 0 aromatic heterocycles. The van der Waals surface area contributed by atoms with Crippen LogP contribution in [0.3, 0.4) is 0 Å². The standard InChI is InChI=1S/C47H80O6Si2/c1-34(21-20-30-50-54(12,13)44(4,5)6)39-26-27-40-38(24-19-29-46(39,40)10)41(51-36(3)48)28-25-35(2)42(53-55(14,15)45(7,8)9)31-43-47(11,52-43)33-49-32-37-22-17-16-18-23-37/h16-18,22-25,34,39-43H,19-21,26-33H2,1-15H3/b35-25-/t34-,39-,40+,41+,42-,43+,46-,47-/m1/s1. The van der Waals surface area contributed by atoms with E-state index in [-0.39, 0.29) is 45.4 Å². The van der Waals surface area contributed by atoms with E-state index >= 15 is 0 Å². The Balaban J connectivity index is 1.45. The number of ether oxygens (including phenoxy) is 3. The number of esters is 1. The van der Waals surface area contributed by atoms with Crippen molar-refractivity contribution in [2.24, 2.45) is 23.2 Å². The fraction of sp³-hybridized carbons (Fsp3) is 0.766. The molecule has 0 spiro atoms. The SMILES string of the molecule is CC(=O)O[C@@H](C/C=C(/C)[C@@H](C[C@@H]1O[C@]1(C)COCc1ccccc1)O[Si](C)(C)C(C)(C)C)C1=CCC[C@]2(C)[C@@H]([C@H](C)CCCO[Si](C)(C)C(C)(C)C)CC[C@@H]12. The maximum Gasteiger partial charge on any atom is 0.303 e. The third kappa shape index (κ3) is 11.8. The predicted octanol–water partition coefficient (Wildman–Crippen LogP) is 12.6. The van der Waals surface area contributed by atoms with Crippen molar-refractivity contribution in [2.45, 2.75) is 194 Å². The summed E-state index contributed by atoms with van der Waals surface area (Å²) in [5.74, 6) is 1.53. The van der Waals surface area contributed by atoms with Crippen molar-refractivity contribution in [3.8, 4) is 0 Å². The van der Waals surface area contributed by atoms with Crippen LogP contribution in [0.4, 0.5) is 0 Å². The Morgan fingerprint density at radius 1 is 0.982 bits per heavy atom. The summed E-state index contributed by atoms with van der Waals surface area (Å²) in [5, 5.41) is 0.315. The smallest absolute Gasteiger partial charge is 0.303 e. The van der Waals surface area contributed by atoms with Crippen LogP contribution in [0.1, 0.15) is 133 Å². The Kier molecular flexibility index (Phi) is 15.2. The van der Waals surface area contributed by atoms with E-state index in [0.29, 0.717) is 37.4 Å². The summed E-state index contributed by atoms with van der Waals surface area (Å²) in [7, 11) is -3.84. The van der Waals surface area contributed by atoms with Gasteiger partial charge >= 0.3 is 5.97 Å². The maximum atomic E-state index is 12.7. The van der Waals surface area contributed by atoms with Gasteiger partial charge < -0.3 is 23.1 Å². The molecule has 0 radical (unpaired) electrons. The van der Waals surface area contributed by atoms with Crippen molar-refractivity contribution in [2.75, 3.05) is 13.2 Å². The summed E-state index contributed by atoms with van der Waals surface area (Å²) >= 11 is 0. The Labute approximate surface area is 339 Å². The number of hydrogen-bond donors (Lipinski definition) is 0. The number of hydrogen-bond acceptors (Lipinski definition) is 6. The summed E-state index contributed by atoms with van der Waals surface area (Å²) in [6.07, 6.45) is 12.9. The first kappa shape index (κ1) is 46.1. The summed E-state index contributed by atoms with van der Waals surface area (Å²) in [4.78, 5) is 12.7. The van der Waals surface area contributed by atoms with Crippen LogP contribution in [0, 0.1) is 23.2 Å². The molecule has 2 aliphatic carbocycles. The van der Waals surface area contributed by atoms with E-state index in [1.165, 1.54) is 42.4 Å². The zero-order chi connectivity index (χ0) is 41.0. The van der Waals surface area contributed by atoms with Gasteiger partial charge in [-0.1, -0.05) is 97.9 Å². The van der Waals surface area contributed by atoms with Gasteiger partial charge in [0.1, 0.15) is 11.7 Å². The van der Waals surface area contributed by atoms with E-state index in [1.807, 2.05) is 18.2 Å². The summed E-state index contributed by atoms with van der Waals surface area (Å²) in [5.41, 5.74) is 3.60. The Hall–Kier alpha value is -1.56. The second-order valence-corrected chi connectivity index (χ2v) is 30.6. The molecule has 8 atom stereocenters. The molecule has 0 N–H and O–H groups in total. The van der Waals surface area contributed by atoms with Crippen molar-refractivity contribution in [1.82, 2.24) is 0 Å². The zero-order valence-electron chi connectivity index (χ0n) is 37.7. The highest BCUT2D eigenvalue weighted by molar-refractivity contribution is 6.74. The fourth-order valence-corrected chi connectivity index (χ4v) is 11.3. The van der Waals surface area contributed by atoms with Gasteiger partial charge in [-0.3, -0.25) is 4.79 Å². The molecule has 1 saturated heterocycles. The van der Waals surface area contributed by atoms with Gasteiger partial charge in [-0.2, -0.15) is 0 Å². The topological polar surface area (TPSA) is 66.5 Å². The number of carbonyl (C=O) groups excluding carboxylic acids is 1. The molecule has 1 heterocycles. The van der Waals surface area contributed by atoms with Crippen molar-refractivity contribution >= 4 is 22.6 Å². The summed E-state index contributed by atoms with van der Waals surface area (Å²) in [6, 6.07) is 10.3. The Bertz CT molecular complexity index is 1470. The van der Waals surface area contributed by atoms with Crippen LogP contribution in [0.5, 0.6) is 0 Å². The number of epoxide rings is 1. The molecule has 2 fully saturated rings. The fourth-order valence-electron chi connectivity index (χ4n) is 8.90. The largest absolute Gasteiger partial charge is 0.458 e. The maximum absolute atomic E-state index is 12.7. The quantitative estimate of drug-likeness (QED) is 0.0457. The lowest BCUT2D eigenvalue weighted by Crippen LogP contribution is -2.44. The van der Waals surface area contributed by atoms with Crippen LogP contribution in [-0.4, -0.2) is 59.7 Å². The summed E-state index contributed by atoms with van der Waals surface area (Å²) in [6.45, 7) is 36.2. The second-order valence-electron chi connectivity index (χ2n) is 21.0. The van der Waals surface area contributed by atoms with Crippen LogP contribution in [0.2, 0.25) is 36.3 Å². The number of benzene rings is 1. The Morgan fingerprint density at radius 3 is 2.25 bits per heavy atom. The minimum Gasteiger partial charge on any atom is -0.458 e. The van der Waals surface area contributed by atoms with E-state index in [9.17, 15) is 4.79 Å². The lowest BCUT2D eigenvalue weighted by molar-refractivity contribution is -0.145. The molecule has 3 aliphatic rings. The molecule has 312 valence electrons. The van der Waals surface area contributed by atoms with E-state index in [0.717, 1.165) is 25.9 Å². The van der Waals surface area contributed by atoms with Crippen molar-refractivity contribution in [3.05, 3.63) is 59.2 Å². The van der Waals surface area contributed by atoms with Crippen LogP contribution in [0.25, 0.3) is 0 Å². The van der Waals surface area contributed by atoms with Crippen LogP contribution in [0.15, 0.2) is 53.6 Å². The molecule has 0 unspecified atom stereocenters. The average molecular weight is 797 g/mol. The number of fused-ring (bicyclic) bond motifs is 1. The number of allylic oxidation sites excluding steroid dienone is 1. The van der Waals surface area contributed by atoms with Gasteiger partial charge in [-0.25, -0.2) is 0 Å². The van der Waals surface area contributed by atoms with Gasteiger partial charge in [-0.15, -0.1) is 0 Å². The predicted molar refractivity (Wildman–Crippen MR) is 233 cm³/mol. The van der Waals surface area contributed by atoms with E-state index in [2.05, 4.69) is 120 Å². The molecular weight excluding hydrogens is 717 g/mol. The van der Waals surface area contributed by atoms with Gasteiger partial charge in [-0.05, 0) is 129 Å². The third-order valence-electron chi connectivity index (χ3n) is 14.7. The van der Waals surface area contributed by atoms with Gasteiger partial charge in [0.2, 0.25) is 0 Å². The lowest BCUT2D eigenvalue weighted by Gasteiger charge is -2.45. The molecule has 0 bridgehead atoms. The van der Waals surface area contributed by atoms with Crippen LogP contribution < -0.4 is 0 Å². The first-order valence-corrected chi connectivity index (χ1v) is 27.4. The van der Waals surface area contributed by atoms with Crippen molar-refractivity contribution in [3.63, 3.8) is 0 Å². The average Bonchev–Trinajstić information content (AvgIpc) is 3.56. The van der Waals surface area contributed by atoms with Crippen LogP contribution in [-0.2, 0) is 34.5 Å². The number of carbonyl (C=O) groups is 1. The first-order valence-electron chi connectivity index (χ1n) is 21.6. The van der Waals surface area contributed by atoms with E-state index in [4.69, 9.17) is 23.1 Å². The lowest BCUT2D eigenvalue weighted by atomic mass is 9.61. The van der Waals surface area contributed by atoms with Gasteiger partial charge in [0, 0.05) is 26.4 Å². The first-order chi connectivity index (χ1) is 25.4. The van der Waals surface area contributed by atoms with Gasteiger partial charge in [0.05, 0.1) is 25.4 Å². The number of rotatable bonds is 19. The molecule has 1 saturated carbocycles. The van der Waals surface area contributed by atoms with Crippen LogP contribution >= 0.6 is 0 Å². The molecule has 1 aromatic carbocycles. The van der Waals surface area contributed by atoms with E-state index < -0.39 is 16.6 Å². The zero-order valence-corrected chi connectivity index (χ0v) is 39.7. The summed E-state index contributed by atoms with van der Waals surface area (Å²) < 4.78 is 32.4. The monoisotopic (exact) mass is 797 g/mol. The van der Waals surface area contributed by atoms with Crippen molar-refractivity contribution in [1.29, 1.82) is 0 Å². The molecule has 4 rings (SSSR count). The van der Waals surface area contributed by atoms with E-state index in [1.54, 1.807) is 6.92 Å². The molecule has 55 heavy (non-hydrogen) atoms. The molecular formula is C47H80O6Si2. The van der Waals surface area contributed by atoms with Gasteiger partial charge in [0.15, 0.2) is 16.6 Å². The molecule has 6 nitrogen and oxygen atoms in total. The van der Waals surface area contributed by atoms with Gasteiger partial charge in [0.25, 0.3) is 0 Å².